The largest absolute Gasteiger partial charge is 0.350 e. The Hall–Kier alpha value is -2.77. The standard InChI is InChI=1S/C22H21FN4OS/c1-26-10-2-4-17(26)18-5-3-11-27(18)12-19-24-21(28)20-16(13-29-22(20)25-19)14-6-8-15(23)9-7-14/h2,4,6-10,13,18H,3,5,11-12H2,1H3,(H,24,25,28)/p+1/t18-/m0/s1. The maximum absolute atomic E-state index is 13.2. The highest BCUT2D eigenvalue weighted by Gasteiger charge is 2.32. The lowest BCUT2D eigenvalue weighted by Crippen LogP contribution is -3.09. The second-order valence-corrected chi connectivity index (χ2v) is 8.53. The minimum absolute atomic E-state index is 0.125. The van der Waals surface area contributed by atoms with E-state index in [-0.39, 0.29) is 11.4 Å². The van der Waals surface area contributed by atoms with Crippen molar-refractivity contribution < 1.29 is 9.29 Å². The number of nitrogens with zero attached hydrogens (tertiary/aromatic N) is 2. The van der Waals surface area contributed by atoms with Gasteiger partial charge in [0, 0.05) is 37.0 Å². The van der Waals surface area contributed by atoms with Gasteiger partial charge in [-0.3, -0.25) is 4.79 Å². The summed E-state index contributed by atoms with van der Waals surface area (Å²) in [7, 11) is 2.08. The van der Waals surface area contributed by atoms with Gasteiger partial charge in [0.2, 0.25) is 0 Å². The van der Waals surface area contributed by atoms with Crippen molar-refractivity contribution >= 4 is 21.6 Å². The zero-order valence-electron chi connectivity index (χ0n) is 16.1. The third kappa shape index (κ3) is 3.30. The first kappa shape index (κ1) is 18.3. The number of aromatic amines is 1. The molecule has 1 aliphatic rings. The highest BCUT2D eigenvalue weighted by molar-refractivity contribution is 7.17. The summed E-state index contributed by atoms with van der Waals surface area (Å²) in [6, 6.07) is 10.9. The Bertz CT molecular complexity index is 1220. The highest BCUT2D eigenvalue weighted by Crippen LogP contribution is 2.30. The molecule has 2 atom stereocenters. The number of hydrogen-bond acceptors (Lipinski definition) is 3. The Morgan fingerprint density at radius 3 is 2.90 bits per heavy atom. The maximum atomic E-state index is 13.2. The second kappa shape index (κ2) is 7.24. The molecule has 3 aromatic heterocycles. The van der Waals surface area contributed by atoms with Crippen molar-refractivity contribution in [2.45, 2.75) is 25.4 Å². The van der Waals surface area contributed by atoms with Crippen molar-refractivity contribution in [3.63, 3.8) is 0 Å². The summed E-state index contributed by atoms with van der Waals surface area (Å²) in [6.45, 7) is 1.77. The molecule has 0 amide bonds. The van der Waals surface area contributed by atoms with Gasteiger partial charge >= 0.3 is 0 Å². The Labute approximate surface area is 171 Å². The van der Waals surface area contributed by atoms with Gasteiger partial charge in [0.25, 0.3) is 5.56 Å². The molecule has 1 fully saturated rings. The van der Waals surface area contributed by atoms with Gasteiger partial charge in [-0.25, -0.2) is 9.37 Å². The molecular formula is C22H22FN4OS+. The van der Waals surface area contributed by atoms with E-state index in [2.05, 4.69) is 34.9 Å². The number of halogens is 1. The van der Waals surface area contributed by atoms with Gasteiger partial charge in [-0.2, -0.15) is 0 Å². The van der Waals surface area contributed by atoms with E-state index in [4.69, 9.17) is 4.98 Å². The SMILES string of the molecule is Cn1cccc1[C@@H]1CCC[NH+]1Cc1nc2scc(-c3ccc(F)cc3)c2c(=O)[nH]1. The zero-order valence-corrected chi connectivity index (χ0v) is 16.9. The fraction of sp³-hybridized carbons (Fsp3) is 0.273. The van der Waals surface area contributed by atoms with Gasteiger partial charge in [-0.05, 0) is 29.8 Å². The molecule has 0 bridgehead atoms. The number of benzene rings is 1. The number of quaternary nitrogens is 1. The molecule has 5 nitrogen and oxygen atoms in total. The van der Waals surface area contributed by atoms with E-state index < -0.39 is 0 Å². The van der Waals surface area contributed by atoms with Crippen LogP contribution in [0.5, 0.6) is 0 Å². The minimum atomic E-state index is -0.288. The minimum Gasteiger partial charge on any atom is -0.350 e. The molecule has 2 N–H and O–H groups in total. The first-order valence-corrected chi connectivity index (χ1v) is 10.7. The molecule has 0 saturated carbocycles. The lowest BCUT2D eigenvalue weighted by atomic mass is 10.1. The number of aryl methyl sites for hydroxylation is 1. The quantitative estimate of drug-likeness (QED) is 0.544. The Balaban J connectivity index is 1.47. The van der Waals surface area contributed by atoms with Crippen LogP contribution in [0.4, 0.5) is 4.39 Å². The number of rotatable bonds is 4. The molecule has 0 radical (unpaired) electrons. The molecule has 29 heavy (non-hydrogen) atoms. The highest BCUT2D eigenvalue weighted by atomic mass is 32.1. The van der Waals surface area contributed by atoms with Crippen LogP contribution in [0.3, 0.4) is 0 Å². The summed E-state index contributed by atoms with van der Waals surface area (Å²) in [5.74, 6) is 0.440. The summed E-state index contributed by atoms with van der Waals surface area (Å²) in [5.41, 5.74) is 2.84. The molecule has 4 aromatic rings. The molecule has 1 saturated heterocycles. The summed E-state index contributed by atoms with van der Waals surface area (Å²) in [4.78, 5) is 22.8. The summed E-state index contributed by atoms with van der Waals surface area (Å²) < 4.78 is 15.4. The molecule has 1 unspecified atom stereocenters. The fourth-order valence-corrected chi connectivity index (χ4v) is 5.42. The van der Waals surface area contributed by atoms with Gasteiger partial charge in [-0.15, -0.1) is 11.3 Å². The van der Waals surface area contributed by atoms with Crippen molar-refractivity contribution in [1.29, 1.82) is 0 Å². The molecule has 7 heteroatoms. The number of H-pyrrole nitrogens is 1. The predicted molar refractivity (Wildman–Crippen MR) is 113 cm³/mol. The second-order valence-electron chi connectivity index (χ2n) is 7.67. The molecule has 5 rings (SSSR count). The van der Waals surface area contributed by atoms with E-state index in [1.807, 2.05) is 5.38 Å². The van der Waals surface area contributed by atoms with Crippen molar-refractivity contribution in [1.82, 2.24) is 14.5 Å². The lowest BCUT2D eigenvalue weighted by Gasteiger charge is -2.21. The van der Waals surface area contributed by atoms with Crippen LogP contribution in [-0.4, -0.2) is 21.1 Å². The van der Waals surface area contributed by atoms with Crippen LogP contribution < -0.4 is 10.5 Å². The monoisotopic (exact) mass is 409 g/mol. The summed E-state index contributed by atoms with van der Waals surface area (Å²) in [6.07, 6.45) is 4.40. The summed E-state index contributed by atoms with van der Waals surface area (Å²) >= 11 is 1.46. The summed E-state index contributed by atoms with van der Waals surface area (Å²) in [5, 5.41) is 2.51. The van der Waals surface area contributed by atoms with Crippen LogP contribution >= 0.6 is 11.3 Å². The first-order valence-electron chi connectivity index (χ1n) is 9.82. The van der Waals surface area contributed by atoms with Crippen molar-refractivity contribution in [3.05, 3.63) is 75.7 Å². The van der Waals surface area contributed by atoms with E-state index in [1.54, 1.807) is 12.1 Å². The Morgan fingerprint density at radius 1 is 1.31 bits per heavy atom. The van der Waals surface area contributed by atoms with Crippen LogP contribution in [-0.2, 0) is 13.6 Å². The normalized spacial score (nSPS) is 19.2. The number of hydrogen-bond donors (Lipinski definition) is 2. The van der Waals surface area contributed by atoms with Crippen molar-refractivity contribution in [2.75, 3.05) is 6.54 Å². The molecule has 4 heterocycles. The van der Waals surface area contributed by atoms with Crippen molar-refractivity contribution in [2.24, 2.45) is 7.05 Å². The zero-order chi connectivity index (χ0) is 20.0. The van der Waals surface area contributed by atoms with E-state index in [0.717, 1.165) is 34.7 Å². The van der Waals surface area contributed by atoms with Crippen LogP contribution in [0.2, 0.25) is 0 Å². The Morgan fingerprint density at radius 2 is 2.14 bits per heavy atom. The predicted octanol–water partition coefficient (Wildman–Crippen LogP) is 3.05. The molecule has 0 spiro atoms. The van der Waals surface area contributed by atoms with Gasteiger partial charge < -0.3 is 14.5 Å². The third-order valence-electron chi connectivity index (χ3n) is 5.87. The number of likely N-dealkylation sites (tertiary alicyclic amines) is 1. The molecule has 1 aromatic carbocycles. The lowest BCUT2D eigenvalue weighted by molar-refractivity contribution is -0.933. The molecule has 1 aliphatic heterocycles. The van der Waals surface area contributed by atoms with E-state index in [9.17, 15) is 9.18 Å². The molecule has 148 valence electrons. The van der Waals surface area contributed by atoms with E-state index >= 15 is 0 Å². The molecular weight excluding hydrogens is 387 g/mol. The first-order chi connectivity index (χ1) is 14.1. The van der Waals surface area contributed by atoms with Crippen molar-refractivity contribution in [3.8, 4) is 11.1 Å². The number of nitrogens with one attached hydrogen (secondary N) is 2. The number of fused-ring (bicyclic) bond motifs is 1. The number of aromatic nitrogens is 3. The molecule has 0 aliphatic carbocycles. The smallest absolute Gasteiger partial charge is 0.260 e. The fourth-order valence-electron chi connectivity index (χ4n) is 4.45. The van der Waals surface area contributed by atoms with Gasteiger partial charge in [0.15, 0.2) is 5.82 Å². The number of thiophene rings is 1. The third-order valence-corrected chi connectivity index (χ3v) is 6.74. The van der Waals surface area contributed by atoms with E-state index in [1.165, 1.54) is 40.5 Å². The average Bonchev–Trinajstić information content (AvgIpc) is 3.42. The van der Waals surface area contributed by atoms with Gasteiger partial charge in [-0.1, -0.05) is 12.1 Å². The topological polar surface area (TPSA) is 55.1 Å². The Kier molecular flexibility index (Phi) is 4.56. The van der Waals surface area contributed by atoms with Gasteiger partial charge in [0.1, 0.15) is 23.2 Å². The van der Waals surface area contributed by atoms with Gasteiger partial charge in [0.05, 0.1) is 17.6 Å². The van der Waals surface area contributed by atoms with Crippen LogP contribution in [0.1, 0.15) is 30.4 Å². The van der Waals surface area contributed by atoms with Crippen LogP contribution in [0, 0.1) is 5.82 Å². The van der Waals surface area contributed by atoms with E-state index in [0.29, 0.717) is 18.0 Å². The van der Waals surface area contributed by atoms with Crippen LogP contribution in [0.25, 0.3) is 21.3 Å². The maximum Gasteiger partial charge on any atom is 0.260 e. The average molecular weight is 410 g/mol. The van der Waals surface area contributed by atoms with Crippen LogP contribution in [0.15, 0.2) is 52.8 Å².